The lowest BCUT2D eigenvalue weighted by Gasteiger charge is -2.49. The smallest absolute Gasteiger partial charge is 0.270 e. The lowest BCUT2D eigenvalue weighted by Crippen LogP contribution is -2.61. The van der Waals surface area contributed by atoms with Gasteiger partial charge in [-0.1, -0.05) is 6.07 Å². The van der Waals surface area contributed by atoms with Gasteiger partial charge >= 0.3 is 0 Å². The minimum atomic E-state index is -0.170. The Labute approximate surface area is 155 Å². The lowest BCUT2D eigenvalue weighted by atomic mass is 9.96. The minimum Gasteiger partial charge on any atom is -0.366 e. The summed E-state index contributed by atoms with van der Waals surface area (Å²) in [6, 6.07) is 8.04. The number of pyridine rings is 2. The number of hydrogen-bond donors (Lipinski definition) is 1. The van der Waals surface area contributed by atoms with Crippen LogP contribution >= 0.6 is 0 Å². The van der Waals surface area contributed by atoms with Crippen molar-refractivity contribution >= 4 is 11.6 Å². The van der Waals surface area contributed by atoms with Gasteiger partial charge in [0.25, 0.3) is 5.91 Å². The fraction of sp³-hybridized carbons (Fsp3) is 0.450. The lowest BCUT2D eigenvalue weighted by molar-refractivity contribution is 0.0946. The molecule has 1 aliphatic heterocycles. The zero-order chi connectivity index (χ0) is 18.7. The standard InChI is InChI=1S/C20H27N5O/c1-15-13-24(4)20(2,3)14-25(15)17-7-9-22-18(10-17)19(26)23-12-16-6-5-8-21-11-16/h5-11,15H,12-14H2,1-4H3,(H,23,26)/t15-/m0/s1. The highest BCUT2D eigenvalue weighted by Crippen LogP contribution is 2.28. The first-order chi connectivity index (χ1) is 12.4. The van der Waals surface area contributed by atoms with E-state index in [0.717, 1.165) is 24.3 Å². The van der Waals surface area contributed by atoms with Gasteiger partial charge in [-0.2, -0.15) is 0 Å². The van der Waals surface area contributed by atoms with Gasteiger partial charge in [-0.25, -0.2) is 0 Å². The highest BCUT2D eigenvalue weighted by atomic mass is 16.1. The normalized spacial score (nSPS) is 20.0. The van der Waals surface area contributed by atoms with Gasteiger partial charge < -0.3 is 10.2 Å². The van der Waals surface area contributed by atoms with Crippen molar-refractivity contribution < 1.29 is 4.79 Å². The number of anilines is 1. The van der Waals surface area contributed by atoms with E-state index in [1.165, 1.54) is 0 Å². The maximum Gasteiger partial charge on any atom is 0.270 e. The van der Waals surface area contributed by atoms with Crippen molar-refractivity contribution in [3.8, 4) is 0 Å². The molecule has 1 atom stereocenters. The van der Waals surface area contributed by atoms with Gasteiger partial charge in [0.05, 0.1) is 0 Å². The highest BCUT2D eigenvalue weighted by molar-refractivity contribution is 5.93. The molecule has 6 heteroatoms. The number of hydrogen-bond acceptors (Lipinski definition) is 5. The van der Waals surface area contributed by atoms with Crippen LogP contribution in [0.1, 0.15) is 36.8 Å². The fourth-order valence-electron chi connectivity index (χ4n) is 3.28. The Balaban J connectivity index is 1.72. The molecule has 0 bridgehead atoms. The van der Waals surface area contributed by atoms with Crippen LogP contribution in [0.25, 0.3) is 0 Å². The molecule has 1 N–H and O–H groups in total. The molecule has 1 aliphatic rings. The number of aromatic nitrogens is 2. The van der Waals surface area contributed by atoms with Crippen LogP contribution in [0.4, 0.5) is 5.69 Å². The number of rotatable bonds is 4. The van der Waals surface area contributed by atoms with Crippen LogP contribution in [0.5, 0.6) is 0 Å². The minimum absolute atomic E-state index is 0.0819. The number of carbonyl (C=O) groups excluding carboxylic acids is 1. The largest absolute Gasteiger partial charge is 0.366 e. The van der Waals surface area contributed by atoms with Gasteiger partial charge in [-0.15, -0.1) is 0 Å². The number of nitrogens with one attached hydrogen (secondary N) is 1. The maximum atomic E-state index is 12.5. The first-order valence-corrected chi connectivity index (χ1v) is 8.98. The summed E-state index contributed by atoms with van der Waals surface area (Å²) in [6.07, 6.45) is 5.18. The molecule has 0 radical (unpaired) electrons. The van der Waals surface area contributed by atoms with Crippen LogP contribution in [0, 0.1) is 0 Å². The number of piperazine rings is 1. The van der Waals surface area contributed by atoms with E-state index >= 15 is 0 Å². The van der Waals surface area contributed by atoms with Gasteiger partial charge in [0.15, 0.2) is 0 Å². The molecule has 2 aromatic rings. The summed E-state index contributed by atoms with van der Waals surface area (Å²) < 4.78 is 0. The number of carbonyl (C=O) groups is 1. The second-order valence-electron chi connectivity index (χ2n) is 7.61. The van der Waals surface area contributed by atoms with Crippen LogP contribution < -0.4 is 10.2 Å². The van der Waals surface area contributed by atoms with Crippen LogP contribution in [-0.4, -0.2) is 52.5 Å². The highest BCUT2D eigenvalue weighted by Gasteiger charge is 2.35. The second-order valence-corrected chi connectivity index (χ2v) is 7.61. The van der Waals surface area contributed by atoms with E-state index < -0.39 is 0 Å². The van der Waals surface area contributed by atoms with Gasteiger partial charge in [-0.3, -0.25) is 19.7 Å². The third-order valence-corrected chi connectivity index (χ3v) is 5.14. The summed E-state index contributed by atoms with van der Waals surface area (Å²) in [5, 5.41) is 2.91. The Morgan fingerprint density at radius 2 is 2.15 bits per heavy atom. The molecule has 1 amide bonds. The van der Waals surface area contributed by atoms with E-state index in [-0.39, 0.29) is 11.4 Å². The molecule has 1 saturated heterocycles. The molecule has 3 rings (SSSR count). The second kappa shape index (κ2) is 7.41. The molecule has 6 nitrogen and oxygen atoms in total. The van der Waals surface area contributed by atoms with Crippen molar-refractivity contribution in [3.63, 3.8) is 0 Å². The van der Waals surface area contributed by atoms with Crippen molar-refractivity contribution in [3.05, 3.63) is 54.1 Å². The molecule has 0 spiro atoms. The molecule has 138 valence electrons. The molecule has 0 aromatic carbocycles. The summed E-state index contributed by atoms with van der Waals surface area (Å²) >= 11 is 0. The summed E-state index contributed by atoms with van der Waals surface area (Å²) in [7, 11) is 2.16. The van der Waals surface area contributed by atoms with Gasteiger partial charge in [0.2, 0.25) is 0 Å². The zero-order valence-electron chi connectivity index (χ0n) is 15.9. The van der Waals surface area contributed by atoms with Crippen molar-refractivity contribution in [1.29, 1.82) is 0 Å². The molecular weight excluding hydrogens is 326 g/mol. The third kappa shape index (κ3) is 4.02. The van der Waals surface area contributed by atoms with E-state index in [2.05, 4.69) is 52.9 Å². The zero-order valence-corrected chi connectivity index (χ0v) is 15.9. The van der Waals surface area contributed by atoms with Crippen molar-refractivity contribution in [2.24, 2.45) is 0 Å². The van der Waals surface area contributed by atoms with E-state index in [4.69, 9.17) is 0 Å². The van der Waals surface area contributed by atoms with Crippen molar-refractivity contribution in [1.82, 2.24) is 20.2 Å². The Bertz CT molecular complexity index is 762. The fourth-order valence-corrected chi connectivity index (χ4v) is 3.28. The molecule has 0 aliphatic carbocycles. The Hall–Kier alpha value is -2.47. The first kappa shape index (κ1) is 18.3. The van der Waals surface area contributed by atoms with Crippen molar-refractivity contribution in [2.45, 2.75) is 38.9 Å². The summed E-state index contributed by atoms with van der Waals surface area (Å²) in [5.74, 6) is -0.170. The Morgan fingerprint density at radius 1 is 1.35 bits per heavy atom. The molecule has 3 heterocycles. The summed E-state index contributed by atoms with van der Waals surface area (Å²) in [4.78, 5) is 25.6. The van der Waals surface area contributed by atoms with Crippen LogP contribution in [0.2, 0.25) is 0 Å². The van der Waals surface area contributed by atoms with Gasteiger partial charge in [0.1, 0.15) is 5.69 Å². The van der Waals surface area contributed by atoms with Gasteiger partial charge in [-0.05, 0) is 51.6 Å². The van der Waals surface area contributed by atoms with Crippen molar-refractivity contribution in [2.75, 3.05) is 25.0 Å². The molecular formula is C20H27N5O. The quantitative estimate of drug-likeness (QED) is 0.914. The molecule has 0 saturated carbocycles. The monoisotopic (exact) mass is 353 g/mol. The molecule has 26 heavy (non-hydrogen) atoms. The first-order valence-electron chi connectivity index (χ1n) is 8.98. The van der Waals surface area contributed by atoms with E-state index in [0.29, 0.717) is 18.3 Å². The van der Waals surface area contributed by atoms with Crippen LogP contribution in [-0.2, 0) is 6.54 Å². The Kier molecular flexibility index (Phi) is 5.23. The molecule has 0 unspecified atom stereocenters. The predicted molar refractivity (Wildman–Crippen MR) is 103 cm³/mol. The van der Waals surface area contributed by atoms with Crippen LogP contribution in [0.3, 0.4) is 0 Å². The average molecular weight is 353 g/mol. The van der Waals surface area contributed by atoms with E-state index in [1.807, 2.05) is 24.3 Å². The molecule has 1 fully saturated rings. The number of likely N-dealkylation sites (N-methyl/N-ethyl adjacent to an activating group) is 1. The maximum absolute atomic E-state index is 12.5. The predicted octanol–water partition coefficient (Wildman–Crippen LogP) is 2.33. The van der Waals surface area contributed by atoms with E-state index in [1.54, 1.807) is 18.6 Å². The third-order valence-electron chi connectivity index (χ3n) is 5.14. The van der Waals surface area contributed by atoms with Crippen LogP contribution in [0.15, 0.2) is 42.9 Å². The number of nitrogens with zero attached hydrogens (tertiary/aromatic N) is 4. The average Bonchev–Trinajstić information content (AvgIpc) is 2.64. The summed E-state index contributed by atoms with van der Waals surface area (Å²) in [5.41, 5.74) is 2.53. The molecule has 2 aromatic heterocycles. The summed E-state index contributed by atoms with van der Waals surface area (Å²) in [6.45, 7) is 9.04. The van der Waals surface area contributed by atoms with E-state index in [9.17, 15) is 4.79 Å². The SMILES string of the molecule is C[C@H]1CN(C)C(C)(C)CN1c1ccnc(C(=O)NCc2cccnc2)c1. The van der Waals surface area contributed by atoms with Gasteiger partial charge in [0, 0.05) is 55.5 Å². The topological polar surface area (TPSA) is 61.4 Å². The Morgan fingerprint density at radius 3 is 2.88 bits per heavy atom. The number of amides is 1.